The van der Waals surface area contributed by atoms with Crippen LogP contribution in [0.3, 0.4) is 0 Å². The molecular weight excluding hydrogens is 230 g/mol. The maximum atomic E-state index is 11.0. The zero-order valence-corrected chi connectivity index (χ0v) is 10.6. The van der Waals surface area contributed by atoms with Gasteiger partial charge < -0.3 is 11.1 Å². The van der Waals surface area contributed by atoms with Crippen molar-refractivity contribution in [2.45, 2.75) is 26.2 Å². The van der Waals surface area contributed by atoms with Crippen molar-refractivity contribution in [1.29, 1.82) is 0 Å². The van der Waals surface area contributed by atoms with Crippen molar-refractivity contribution in [3.8, 4) is 0 Å². The van der Waals surface area contributed by atoms with Crippen LogP contribution in [-0.4, -0.2) is 11.5 Å². The number of nitro groups is 1. The van der Waals surface area contributed by atoms with E-state index < -0.39 is 4.92 Å². The SMILES string of the molecule is CC1CCC(CNc2cccc(N)c2[N+](=O)[O-])C1. The van der Waals surface area contributed by atoms with Gasteiger partial charge in [0.05, 0.1) is 4.92 Å². The summed E-state index contributed by atoms with van der Waals surface area (Å²) in [6.45, 7) is 3.04. The quantitative estimate of drug-likeness (QED) is 0.488. The fourth-order valence-electron chi connectivity index (χ4n) is 2.67. The smallest absolute Gasteiger partial charge is 0.314 e. The normalized spacial score (nSPS) is 22.9. The van der Waals surface area contributed by atoms with Crippen molar-refractivity contribution in [3.05, 3.63) is 28.3 Å². The lowest BCUT2D eigenvalue weighted by molar-refractivity contribution is -0.383. The summed E-state index contributed by atoms with van der Waals surface area (Å²) in [5, 5.41) is 14.2. The van der Waals surface area contributed by atoms with E-state index in [1.165, 1.54) is 19.3 Å². The van der Waals surface area contributed by atoms with Crippen LogP contribution < -0.4 is 11.1 Å². The Kier molecular flexibility index (Phi) is 3.69. The second kappa shape index (κ2) is 5.25. The van der Waals surface area contributed by atoms with Crippen LogP contribution in [0.2, 0.25) is 0 Å². The molecule has 0 aliphatic heterocycles. The van der Waals surface area contributed by atoms with Crippen LogP contribution in [0.15, 0.2) is 18.2 Å². The third-order valence-corrected chi connectivity index (χ3v) is 3.63. The van der Waals surface area contributed by atoms with Gasteiger partial charge in [0, 0.05) is 6.54 Å². The molecule has 1 aromatic carbocycles. The minimum atomic E-state index is -0.422. The average molecular weight is 249 g/mol. The number of nitrogens with two attached hydrogens (primary N) is 1. The Balaban J connectivity index is 2.05. The first-order valence-electron chi connectivity index (χ1n) is 6.34. The van der Waals surface area contributed by atoms with Crippen molar-refractivity contribution >= 4 is 17.1 Å². The number of nitro benzene ring substituents is 1. The van der Waals surface area contributed by atoms with E-state index in [9.17, 15) is 10.1 Å². The standard InChI is InChI=1S/C13H19N3O2/c1-9-5-6-10(7-9)8-15-12-4-2-3-11(14)13(12)16(17)18/h2-4,9-10,15H,5-8,14H2,1H3. The molecule has 1 aliphatic carbocycles. The van der Waals surface area contributed by atoms with Gasteiger partial charge in [0.1, 0.15) is 11.4 Å². The lowest BCUT2D eigenvalue weighted by Gasteiger charge is -2.13. The van der Waals surface area contributed by atoms with Gasteiger partial charge in [-0.3, -0.25) is 10.1 Å². The predicted octanol–water partition coefficient (Wildman–Crippen LogP) is 3.03. The van der Waals surface area contributed by atoms with Crippen molar-refractivity contribution in [2.24, 2.45) is 11.8 Å². The number of para-hydroxylation sites is 1. The zero-order valence-electron chi connectivity index (χ0n) is 10.6. The number of benzene rings is 1. The predicted molar refractivity (Wildman–Crippen MR) is 72.5 cm³/mol. The Bertz CT molecular complexity index is 448. The van der Waals surface area contributed by atoms with Gasteiger partial charge in [0.2, 0.25) is 0 Å². The van der Waals surface area contributed by atoms with Gasteiger partial charge in [0.25, 0.3) is 0 Å². The molecule has 2 rings (SSSR count). The van der Waals surface area contributed by atoms with Gasteiger partial charge in [0.15, 0.2) is 0 Å². The Hall–Kier alpha value is -1.78. The highest BCUT2D eigenvalue weighted by molar-refractivity contribution is 5.74. The van der Waals surface area contributed by atoms with Crippen molar-refractivity contribution in [2.75, 3.05) is 17.6 Å². The lowest BCUT2D eigenvalue weighted by Crippen LogP contribution is -2.13. The molecule has 5 nitrogen and oxygen atoms in total. The first-order chi connectivity index (χ1) is 8.58. The molecule has 0 amide bonds. The fraction of sp³-hybridized carbons (Fsp3) is 0.538. The molecule has 0 heterocycles. The number of nitrogens with one attached hydrogen (secondary N) is 1. The van der Waals surface area contributed by atoms with Crippen LogP contribution >= 0.6 is 0 Å². The zero-order chi connectivity index (χ0) is 13.1. The van der Waals surface area contributed by atoms with Crippen molar-refractivity contribution in [3.63, 3.8) is 0 Å². The van der Waals surface area contributed by atoms with E-state index in [2.05, 4.69) is 12.2 Å². The molecule has 2 unspecified atom stereocenters. The lowest BCUT2D eigenvalue weighted by atomic mass is 10.1. The highest BCUT2D eigenvalue weighted by Crippen LogP contribution is 2.33. The van der Waals surface area contributed by atoms with Crippen LogP contribution in [0.5, 0.6) is 0 Å². The van der Waals surface area contributed by atoms with Gasteiger partial charge in [-0.05, 0) is 36.8 Å². The Morgan fingerprint density at radius 2 is 2.28 bits per heavy atom. The van der Waals surface area contributed by atoms with Gasteiger partial charge in [-0.1, -0.05) is 19.4 Å². The van der Waals surface area contributed by atoms with Gasteiger partial charge in [-0.2, -0.15) is 0 Å². The van der Waals surface area contributed by atoms with Crippen LogP contribution in [0.4, 0.5) is 17.1 Å². The highest BCUT2D eigenvalue weighted by Gasteiger charge is 2.23. The van der Waals surface area contributed by atoms with Crippen molar-refractivity contribution < 1.29 is 4.92 Å². The maximum Gasteiger partial charge on any atom is 0.314 e. The molecule has 0 spiro atoms. The molecule has 1 aromatic rings. The van der Waals surface area contributed by atoms with Crippen molar-refractivity contribution in [1.82, 2.24) is 0 Å². The van der Waals surface area contributed by atoms with Gasteiger partial charge in [-0.15, -0.1) is 0 Å². The first kappa shape index (κ1) is 12.7. The second-order valence-electron chi connectivity index (χ2n) is 5.17. The van der Waals surface area contributed by atoms with Crippen LogP contribution in [-0.2, 0) is 0 Å². The van der Waals surface area contributed by atoms with E-state index in [4.69, 9.17) is 5.73 Å². The summed E-state index contributed by atoms with van der Waals surface area (Å²) in [5.74, 6) is 1.38. The summed E-state index contributed by atoms with van der Waals surface area (Å²) in [6.07, 6.45) is 3.65. The number of anilines is 2. The molecule has 3 N–H and O–H groups in total. The van der Waals surface area contributed by atoms with E-state index in [0.29, 0.717) is 11.6 Å². The minimum Gasteiger partial charge on any atom is -0.393 e. The summed E-state index contributed by atoms with van der Waals surface area (Å²) >= 11 is 0. The number of hydrogen-bond donors (Lipinski definition) is 2. The molecule has 0 aromatic heterocycles. The second-order valence-corrected chi connectivity index (χ2v) is 5.17. The molecule has 2 atom stereocenters. The molecular formula is C13H19N3O2. The van der Waals surface area contributed by atoms with Gasteiger partial charge >= 0.3 is 5.69 Å². The van der Waals surface area contributed by atoms with Crippen LogP contribution in [0.1, 0.15) is 26.2 Å². The Morgan fingerprint density at radius 1 is 1.50 bits per heavy atom. The maximum absolute atomic E-state index is 11.0. The monoisotopic (exact) mass is 249 g/mol. The highest BCUT2D eigenvalue weighted by atomic mass is 16.6. The number of hydrogen-bond acceptors (Lipinski definition) is 4. The minimum absolute atomic E-state index is 0.0106. The van der Waals surface area contributed by atoms with E-state index in [1.54, 1.807) is 18.2 Å². The third-order valence-electron chi connectivity index (χ3n) is 3.63. The summed E-state index contributed by atoms with van der Waals surface area (Å²) in [4.78, 5) is 10.6. The molecule has 1 saturated carbocycles. The number of nitrogens with zero attached hydrogens (tertiary/aromatic N) is 1. The van der Waals surface area contributed by atoms with Crippen LogP contribution in [0.25, 0.3) is 0 Å². The largest absolute Gasteiger partial charge is 0.393 e. The average Bonchev–Trinajstić information content (AvgIpc) is 2.72. The topological polar surface area (TPSA) is 81.2 Å². The fourth-order valence-corrected chi connectivity index (χ4v) is 2.67. The molecule has 98 valence electrons. The molecule has 5 heteroatoms. The summed E-state index contributed by atoms with van der Waals surface area (Å²) in [7, 11) is 0. The van der Waals surface area contributed by atoms with Crippen LogP contribution in [0, 0.1) is 22.0 Å². The molecule has 1 aliphatic rings. The Labute approximate surface area is 107 Å². The third kappa shape index (κ3) is 2.72. The summed E-state index contributed by atoms with van der Waals surface area (Å²) < 4.78 is 0. The molecule has 1 fully saturated rings. The van der Waals surface area contributed by atoms with E-state index in [1.807, 2.05) is 0 Å². The van der Waals surface area contributed by atoms with E-state index in [0.717, 1.165) is 12.5 Å². The summed E-state index contributed by atoms with van der Waals surface area (Å²) in [6, 6.07) is 5.01. The molecule has 0 radical (unpaired) electrons. The molecule has 18 heavy (non-hydrogen) atoms. The van der Waals surface area contributed by atoms with Gasteiger partial charge in [-0.25, -0.2) is 0 Å². The van der Waals surface area contributed by atoms with E-state index in [-0.39, 0.29) is 11.4 Å². The number of nitrogen functional groups attached to an aromatic ring is 1. The first-order valence-corrected chi connectivity index (χ1v) is 6.34. The Morgan fingerprint density at radius 3 is 2.89 bits per heavy atom. The molecule has 0 saturated heterocycles. The van der Waals surface area contributed by atoms with E-state index >= 15 is 0 Å². The number of rotatable bonds is 4. The summed E-state index contributed by atoms with van der Waals surface area (Å²) in [5.41, 5.74) is 6.38. The molecule has 0 bridgehead atoms.